The second-order valence-corrected chi connectivity index (χ2v) is 7.73. The Morgan fingerprint density at radius 3 is 2.52 bits per heavy atom. The van der Waals surface area contributed by atoms with Crippen LogP contribution in [0.25, 0.3) is 5.76 Å². The third-order valence-electron chi connectivity index (χ3n) is 5.28. The maximum absolute atomic E-state index is 14.7. The van der Waals surface area contributed by atoms with E-state index in [4.69, 9.17) is 4.74 Å². The number of ether oxygens (including phenoxy) is 1. The van der Waals surface area contributed by atoms with E-state index in [1.165, 1.54) is 17.0 Å². The molecule has 31 heavy (non-hydrogen) atoms. The quantitative estimate of drug-likeness (QED) is 0.417. The SMILES string of the molecule is CCOc1ccc(C(O)=C2C(=O)C(=O)N(CCN(C)C)[C@@H]2c2ccccc2F)cc1C. The average molecular weight is 426 g/mol. The zero-order valence-corrected chi connectivity index (χ0v) is 18.2. The third kappa shape index (κ3) is 4.46. The lowest BCUT2D eigenvalue weighted by Gasteiger charge is -2.26. The minimum absolute atomic E-state index is 0.114. The normalized spacial score (nSPS) is 18.1. The van der Waals surface area contributed by atoms with E-state index in [0.717, 1.165) is 5.56 Å². The summed E-state index contributed by atoms with van der Waals surface area (Å²) in [7, 11) is 3.69. The molecule has 1 amide bonds. The highest BCUT2D eigenvalue weighted by Gasteiger charge is 2.46. The molecule has 1 fully saturated rings. The van der Waals surface area contributed by atoms with Crippen molar-refractivity contribution >= 4 is 17.4 Å². The molecule has 0 saturated carbocycles. The number of rotatable bonds is 7. The number of hydrogen-bond donors (Lipinski definition) is 1. The van der Waals surface area contributed by atoms with Crippen molar-refractivity contribution in [2.24, 2.45) is 0 Å². The molecule has 164 valence electrons. The van der Waals surface area contributed by atoms with Gasteiger partial charge >= 0.3 is 0 Å². The number of hydrogen-bond acceptors (Lipinski definition) is 5. The van der Waals surface area contributed by atoms with Crippen LogP contribution < -0.4 is 4.74 Å². The predicted molar refractivity (Wildman–Crippen MR) is 116 cm³/mol. The molecule has 1 aliphatic rings. The first kappa shape index (κ1) is 22.5. The highest BCUT2D eigenvalue weighted by molar-refractivity contribution is 6.46. The Morgan fingerprint density at radius 2 is 1.90 bits per heavy atom. The summed E-state index contributed by atoms with van der Waals surface area (Å²) in [5.41, 5.74) is 1.20. The van der Waals surface area contributed by atoms with E-state index in [-0.39, 0.29) is 23.4 Å². The van der Waals surface area contributed by atoms with Gasteiger partial charge in [-0.15, -0.1) is 0 Å². The highest BCUT2D eigenvalue weighted by atomic mass is 19.1. The summed E-state index contributed by atoms with van der Waals surface area (Å²) in [6.45, 7) is 4.90. The largest absolute Gasteiger partial charge is 0.507 e. The summed E-state index contributed by atoms with van der Waals surface area (Å²) in [5.74, 6) is -1.78. The number of Topliss-reactive ketones (excluding diaryl/α,β-unsaturated/α-hetero) is 1. The monoisotopic (exact) mass is 426 g/mol. The van der Waals surface area contributed by atoms with E-state index in [1.54, 1.807) is 30.3 Å². The van der Waals surface area contributed by atoms with Crippen LogP contribution in [0.1, 0.15) is 29.7 Å². The van der Waals surface area contributed by atoms with Gasteiger partial charge in [0.05, 0.1) is 18.2 Å². The number of benzene rings is 2. The van der Waals surface area contributed by atoms with Gasteiger partial charge in [0.1, 0.15) is 17.3 Å². The Kier molecular flexibility index (Phi) is 6.75. The summed E-state index contributed by atoms with van der Waals surface area (Å²) < 4.78 is 20.3. The lowest BCUT2D eigenvalue weighted by Crippen LogP contribution is -2.35. The number of carbonyl (C=O) groups is 2. The summed E-state index contributed by atoms with van der Waals surface area (Å²) in [6, 6.07) is 10.0. The van der Waals surface area contributed by atoms with Crippen LogP contribution in [0.2, 0.25) is 0 Å². The molecule has 0 spiro atoms. The molecule has 0 bridgehead atoms. The summed E-state index contributed by atoms with van der Waals surface area (Å²) >= 11 is 0. The van der Waals surface area contributed by atoms with Gasteiger partial charge in [0.15, 0.2) is 0 Å². The van der Waals surface area contributed by atoms with Crippen LogP contribution in [-0.4, -0.2) is 60.4 Å². The smallest absolute Gasteiger partial charge is 0.295 e. The van der Waals surface area contributed by atoms with E-state index >= 15 is 0 Å². The molecule has 7 heteroatoms. The number of carbonyl (C=O) groups excluding carboxylic acids is 2. The first-order chi connectivity index (χ1) is 14.8. The van der Waals surface area contributed by atoms with Crippen LogP contribution >= 0.6 is 0 Å². The maximum atomic E-state index is 14.7. The molecule has 0 radical (unpaired) electrons. The van der Waals surface area contributed by atoms with Gasteiger partial charge < -0.3 is 19.6 Å². The summed E-state index contributed by atoms with van der Waals surface area (Å²) in [5, 5.41) is 11.1. The van der Waals surface area contributed by atoms with Gasteiger partial charge in [-0.2, -0.15) is 0 Å². The Morgan fingerprint density at radius 1 is 1.19 bits per heavy atom. The van der Waals surface area contributed by atoms with Gasteiger partial charge in [-0.1, -0.05) is 18.2 Å². The number of ketones is 1. The topological polar surface area (TPSA) is 70.1 Å². The Balaban J connectivity index is 2.15. The van der Waals surface area contributed by atoms with Gasteiger partial charge in [0.2, 0.25) is 0 Å². The molecule has 1 aliphatic heterocycles. The maximum Gasteiger partial charge on any atom is 0.295 e. The van der Waals surface area contributed by atoms with Crippen molar-refractivity contribution in [3.63, 3.8) is 0 Å². The van der Waals surface area contributed by atoms with Crippen molar-refractivity contribution in [2.75, 3.05) is 33.8 Å². The third-order valence-corrected chi connectivity index (χ3v) is 5.28. The average Bonchev–Trinajstić information content (AvgIpc) is 2.98. The highest BCUT2D eigenvalue weighted by Crippen LogP contribution is 2.40. The number of nitrogens with zero attached hydrogens (tertiary/aromatic N) is 2. The van der Waals surface area contributed by atoms with Crippen molar-refractivity contribution in [3.05, 3.63) is 70.5 Å². The Labute approximate surface area is 181 Å². The zero-order valence-electron chi connectivity index (χ0n) is 18.2. The Bertz CT molecular complexity index is 1030. The first-order valence-electron chi connectivity index (χ1n) is 10.2. The minimum Gasteiger partial charge on any atom is -0.507 e. The number of aryl methyl sites for hydroxylation is 1. The molecule has 0 aliphatic carbocycles. The molecule has 0 aromatic heterocycles. The van der Waals surface area contributed by atoms with Gasteiger partial charge in [0, 0.05) is 24.2 Å². The summed E-state index contributed by atoms with van der Waals surface area (Å²) in [4.78, 5) is 29.0. The van der Waals surface area contributed by atoms with Crippen LogP contribution in [0.15, 0.2) is 48.0 Å². The van der Waals surface area contributed by atoms with Crippen LogP contribution in [0.3, 0.4) is 0 Å². The van der Waals surface area contributed by atoms with E-state index in [2.05, 4.69) is 0 Å². The molecule has 1 N–H and O–H groups in total. The van der Waals surface area contributed by atoms with Crippen LogP contribution in [0.4, 0.5) is 4.39 Å². The molecule has 6 nitrogen and oxygen atoms in total. The number of likely N-dealkylation sites (tertiary alicyclic amines) is 1. The minimum atomic E-state index is -1.01. The van der Waals surface area contributed by atoms with Crippen molar-refractivity contribution in [1.29, 1.82) is 0 Å². The van der Waals surface area contributed by atoms with E-state index in [9.17, 15) is 19.1 Å². The van der Waals surface area contributed by atoms with Crippen molar-refractivity contribution < 1.29 is 23.8 Å². The van der Waals surface area contributed by atoms with Crippen molar-refractivity contribution in [3.8, 4) is 5.75 Å². The molecular formula is C24H27FN2O4. The number of halogens is 1. The number of amides is 1. The predicted octanol–water partition coefficient (Wildman–Crippen LogP) is 3.52. The van der Waals surface area contributed by atoms with Crippen LogP contribution in [0.5, 0.6) is 5.75 Å². The van der Waals surface area contributed by atoms with E-state index in [1.807, 2.05) is 32.8 Å². The van der Waals surface area contributed by atoms with Crippen LogP contribution in [-0.2, 0) is 9.59 Å². The lowest BCUT2D eigenvalue weighted by molar-refractivity contribution is -0.140. The van der Waals surface area contributed by atoms with Gasteiger partial charge in [-0.05, 0) is 57.8 Å². The van der Waals surface area contributed by atoms with Gasteiger partial charge in [-0.25, -0.2) is 4.39 Å². The number of aliphatic hydroxyl groups excluding tert-OH is 1. The van der Waals surface area contributed by atoms with Gasteiger partial charge in [-0.3, -0.25) is 9.59 Å². The summed E-state index contributed by atoms with van der Waals surface area (Å²) in [6.07, 6.45) is 0. The standard InChI is InChI=1S/C24H27FN2O4/c1-5-31-19-11-10-16(14-15(19)2)22(28)20-21(17-8-6-7-9-18(17)25)27(13-12-26(3)4)24(30)23(20)29/h6-11,14,21,28H,5,12-13H2,1-4H3/t21-/m1/s1. The second-order valence-electron chi connectivity index (χ2n) is 7.73. The molecule has 1 atom stereocenters. The fraction of sp³-hybridized carbons (Fsp3) is 0.333. The molecule has 0 unspecified atom stereocenters. The first-order valence-corrected chi connectivity index (χ1v) is 10.2. The van der Waals surface area contributed by atoms with Crippen molar-refractivity contribution in [1.82, 2.24) is 9.80 Å². The molecule has 2 aromatic rings. The van der Waals surface area contributed by atoms with Crippen LogP contribution in [0, 0.1) is 12.7 Å². The lowest BCUT2D eigenvalue weighted by atomic mass is 9.94. The fourth-order valence-corrected chi connectivity index (χ4v) is 3.71. The molecule has 2 aromatic carbocycles. The van der Waals surface area contributed by atoms with E-state index in [0.29, 0.717) is 24.5 Å². The fourth-order valence-electron chi connectivity index (χ4n) is 3.71. The molecule has 1 heterocycles. The number of aliphatic hydroxyl groups is 1. The van der Waals surface area contributed by atoms with Gasteiger partial charge in [0.25, 0.3) is 11.7 Å². The van der Waals surface area contributed by atoms with Crippen molar-refractivity contribution in [2.45, 2.75) is 19.9 Å². The molecular weight excluding hydrogens is 399 g/mol. The Hall–Kier alpha value is -3.19. The molecule has 1 saturated heterocycles. The molecule has 3 rings (SSSR count). The number of likely N-dealkylation sites (N-methyl/N-ethyl adjacent to an activating group) is 1. The second kappa shape index (κ2) is 9.31. The van der Waals surface area contributed by atoms with E-state index < -0.39 is 23.5 Å². The zero-order chi connectivity index (χ0) is 22.7.